The lowest BCUT2D eigenvalue weighted by atomic mass is 10.1. The van der Waals surface area contributed by atoms with Crippen LogP contribution in [0.2, 0.25) is 0 Å². The van der Waals surface area contributed by atoms with E-state index >= 15 is 0 Å². The van der Waals surface area contributed by atoms with Crippen LogP contribution < -0.4 is 15.8 Å². The summed E-state index contributed by atoms with van der Waals surface area (Å²) in [5, 5.41) is 2.99. The van der Waals surface area contributed by atoms with Crippen molar-refractivity contribution < 1.29 is 9.53 Å². The highest BCUT2D eigenvalue weighted by atomic mass is 16.5. The Hall–Kier alpha value is -2.47. The van der Waals surface area contributed by atoms with Crippen molar-refractivity contribution in [2.45, 2.75) is 18.9 Å². The predicted octanol–water partition coefficient (Wildman–Crippen LogP) is 1.74. The number of ether oxygens (including phenoxy) is 1. The van der Waals surface area contributed by atoms with Crippen molar-refractivity contribution in [1.29, 1.82) is 0 Å². The van der Waals surface area contributed by atoms with Crippen LogP contribution in [0.1, 0.15) is 23.2 Å². The van der Waals surface area contributed by atoms with Crippen LogP contribution in [0.25, 0.3) is 0 Å². The third-order valence-electron chi connectivity index (χ3n) is 3.62. The van der Waals surface area contributed by atoms with Gasteiger partial charge in [-0.05, 0) is 37.0 Å². The molecule has 2 aromatic rings. The number of carbonyl (C=O) groups excluding carboxylic acids is 1. The van der Waals surface area contributed by atoms with Crippen molar-refractivity contribution in [1.82, 2.24) is 15.3 Å². The number of hydrogen-bond acceptors (Lipinski definition) is 5. The smallest absolute Gasteiger partial charge is 0.251 e. The van der Waals surface area contributed by atoms with E-state index in [0.717, 1.165) is 12.8 Å². The van der Waals surface area contributed by atoms with Crippen LogP contribution in [0, 0.1) is 5.92 Å². The second-order valence-corrected chi connectivity index (χ2v) is 5.33. The standard InChI is InChI=1S/C16H18N4O2/c17-9-14(11-4-5-11)20-16(21)12-2-1-3-13(8-12)22-15-10-18-6-7-19-15/h1-3,6-8,10-11,14H,4-5,9,17H2,(H,20,21). The van der Waals surface area contributed by atoms with E-state index in [0.29, 0.717) is 29.7 Å². The lowest BCUT2D eigenvalue weighted by Crippen LogP contribution is -2.41. The zero-order valence-corrected chi connectivity index (χ0v) is 12.1. The van der Waals surface area contributed by atoms with Gasteiger partial charge in [0, 0.05) is 30.5 Å². The fourth-order valence-corrected chi connectivity index (χ4v) is 2.28. The Balaban J connectivity index is 1.69. The fourth-order valence-electron chi connectivity index (χ4n) is 2.28. The van der Waals surface area contributed by atoms with E-state index in [2.05, 4.69) is 15.3 Å². The fraction of sp³-hybridized carbons (Fsp3) is 0.312. The van der Waals surface area contributed by atoms with E-state index in [1.165, 1.54) is 6.20 Å². The molecule has 0 aliphatic heterocycles. The maximum absolute atomic E-state index is 12.3. The third-order valence-corrected chi connectivity index (χ3v) is 3.62. The Morgan fingerprint density at radius 2 is 2.27 bits per heavy atom. The van der Waals surface area contributed by atoms with Gasteiger partial charge in [-0.2, -0.15) is 0 Å². The van der Waals surface area contributed by atoms with E-state index in [-0.39, 0.29) is 11.9 Å². The number of rotatable bonds is 6. The van der Waals surface area contributed by atoms with Gasteiger partial charge in [0.25, 0.3) is 5.91 Å². The molecule has 3 N–H and O–H groups in total. The zero-order chi connectivity index (χ0) is 15.4. The van der Waals surface area contributed by atoms with E-state index < -0.39 is 0 Å². The first-order chi connectivity index (χ1) is 10.8. The van der Waals surface area contributed by atoms with E-state index in [1.54, 1.807) is 36.7 Å². The Kier molecular flexibility index (Phi) is 4.29. The van der Waals surface area contributed by atoms with Gasteiger partial charge in [-0.1, -0.05) is 6.07 Å². The molecule has 1 amide bonds. The van der Waals surface area contributed by atoms with Gasteiger partial charge < -0.3 is 15.8 Å². The molecule has 0 radical (unpaired) electrons. The summed E-state index contributed by atoms with van der Waals surface area (Å²) < 4.78 is 5.58. The van der Waals surface area contributed by atoms with Crippen LogP contribution >= 0.6 is 0 Å². The first kappa shape index (κ1) is 14.5. The molecule has 1 atom stereocenters. The number of benzene rings is 1. The molecule has 1 unspecified atom stereocenters. The van der Waals surface area contributed by atoms with Gasteiger partial charge in [-0.25, -0.2) is 4.98 Å². The van der Waals surface area contributed by atoms with Crippen LogP contribution in [0.4, 0.5) is 0 Å². The number of hydrogen-bond donors (Lipinski definition) is 2. The molecule has 1 aliphatic rings. The summed E-state index contributed by atoms with van der Waals surface area (Å²) in [4.78, 5) is 20.3. The molecule has 1 aliphatic carbocycles. The molecule has 0 spiro atoms. The Bertz CT molecular complexity index is 644. The van der Waals surface area contributed by atoms with Gasteiger partial charge in [0.1, 0.15) is 5.75 Å². The minimum Gasteiger partial charge on any atom is -0.437 e. The first-order valence-electron chi connectivity index (χ1n) is 7.31. The molecule has 6 nitrogen and oxygen atoms in total. The normalized spacial score (nSPS) is 15.1. The highest BCUT2D eigenvalue weighted by Gasteiger charge is 2.31. The van der Waals surface area contributed by atoms with Crippen LogP contribution in [0.5, 0.6) is 11.6 Å². The van der Waals surface area contributed by atoms with Crippen LogP contribution in [0.3, 0.4) is 0 Å². The van der Waals surface area contributed by atoms with Gasteiger partial charge in [-0.15, -0.1) is 0 Å². The number of nitrogens with one attached hydrogen (secondary N) is 1. The summed E-state index contributed by atoms with van der Waals surface area (Å²) in [6.07, 6.45) is 6.91. The first-order valence-corrected chi connectivity index (χ1v) is 7.31. The Labute approximate surface area is 128 Å². The SMILES string of the molecule is NCC(NC(=O)c1cccc(Oc2cnccn2)c1)C1CC1. The molecule has 1 aromatic heterocycles. The van der Waals surface area contributed by atoms with Gasteiger partial charge in [0.15, 0.2) is 0 Å². The summed E-state index contributed by atoms with van der Waals surface area (Å²) >= 11 is 0. The average molecular weight is 298 g/mol. The highest BCUT2D eigenvalue weighted by Crippen LogP contribution is 2.32. The number of carbonyl (C=O) groups is 1. The maximum atomic E-state index is 12.3. The lowest BCUT2D eigenvalue weighted by Gasteiger charge is -2.16. The number of amides is 1. The van der Waals surface area contributed by atoms with Crippen molar-refractivity contribution in [3.63, 3.8) is 0 Å². The molecule has 1 aromatic carbocycles. The number of aromatic nitrogens is 2. The van der Waals surface area contributed by atoms with Crippen LogP contribution in [-0.2, 0) is 0 Å². The molecular formula is C16H18N4O2. The van der Waals surface area contributed by atoms with Crippen molar-refractivity contribution in [2.75, 3.05) is 6.54 Å². The van der Waals surface area contributed by atoms with Crippen LogP contribution in [-0.4, -0.2) is 28.5 Å². The summed E-state index contributed by atoms with van der Waals surface area (Å²) in [5.74, 6) is 1.32. The van der Waals surface area contributed by atoms with Gasteiger partial charge in [0.2, 0.25) is 5.88 Å². The summed E-state index contributed by atoms with van der Waals surface area (Å²) in [7, 11) is 0. The molecule has 1 fully saturated rings. The van der Waals surface area contributed by atoms with Crippen molar-refractivity contribution in [2.24, 2.45) is 11.7 Å². The number of nitrogens with zero attached hydrogens (tertiary/aromatic N) is 2. The Morgan fingerprint density at radius 3 is 2.95 bits per heavy atom. The average Bonchev–Trinajstić information content (AvgIpc) is 3.38. The van der Waals surface area contributed by atoms with Crippen molar-refractivity contribution in [3.05, 3.63) is 48.4 Å². The van der Waals surface area contributed by atoms with Gasteiger partial charge in [-0.3, -0.25) is 9.78 Å². The summed E-state index contributed by atoms with van der Waals surface area (Å²) in [5.41, 5.74) is 6.26. The molecule has 3 rings (SSSR count). The minimum absolute atomic E-state index is 0.0528. The molecule has 0 saturated heterocycles. The third kappa shape index (κ3) is 3.59. The molecule has 114 valence electrons. The summed E-state index contributed by atoms with van der Waals surface area (Å²) in [6.45, 7) is 0.464. The topological polar surface area (TPSA) is 90.1 Å². The van der Waals surface area contributed by atoms with Gasteiger partial charge in [0.05, 0.1) is 6.20 Å². The highest BCUT2D eigenvalue weighted by molar-refractivity contribution is 5.94. The quantitative estimate of drug-likeness (QED) is 0.847. The molecule has 22 heavy (non-hydrogen) atoms. The predicted molar refractivity (Wildman–Crippen MR) is 81.6 cm³/mol. The lowest BCUT2D eigenvalue weighted by molar-refractivity contribution is 0.0933. The van der Waals surface area contributed by atoms with Crippen LogP contribution in [0.15, 0.2) is 42.9 Å². The second kappa shape index (κ2) is 6.53. The van der Waals surface area contributed by atoms with Crippen molar-refractivity contribution in [3.8, 4) is 11.6 Å². The molecule has 1 heterocycles. The van der Waals surface area contributed by atoms with E-state index in [1.807, 2.05) is 0 Å². The van der Waals surface area contributed by atoms with E-state index in [4.69, 9.17) is 10.5 Å². The number of nitrogens with two attached hydrogens (primary N) is 1. The zero-order valence-electron chi connectivity index (χ0n) is 12.1. The maximum Gasteiger partial charge on any atom is 0.251 e. The minimum atomic E-state index is -0.132. The molecule has 0 bridgehead atoms. The van der Waals surface area contributed by atoms with E-state index in [9.17, 15) is 4.79 Å². The Morgan fingerprint density at radius 1 is 1.41 bits per heavy atom. The van der Waals surface area contributed by atoms with Gasteiger partial charge >= 0.3 is 0 Å². The van der Waals surface area contributed by atoms with Crippen molar-refractivity contribution >= 4 is 5.91 Å². The molecule has 6 heteroatoms. The second-order valence-electron chi connectivity index (χ2n) is 5.33. The summed E-state index contributed by atoms with van der Waals surface area (Å²) in [6, 6.07) is 7.03. The monoisotopic (exact) mass is 298 g/mol. The largest absolute Gasteiger partial charge is 0.437 e. The molecular weight excluding hydrogens is 280 g/mol. The molecule has 1 saturated carbocycles.